The van der Waals surface area contributed by atoms with Gasteiger partial charge in [-0.15, -0.1) is 0 Å². The number of rotatable bonds is 6. The van der Waals surface area contributed by atoms with Crippen LogP contribution in [0, 0.1) is 0 Å². The number of anilines is 1. The van der Waals surface area contributed by atoms with Crippen LogP contribution in [0.15, 0.2) is 12.1 Å². The maximum atomic E-state index is 13.0. The summed E-state index contributed by atoms with van der Waals surface area (Å²) in [7, 11) is 3.06. The van der Waals surface area contributed by atoms with Crippen molar-refractivity contribution in [3.63, 3.8) is 0 Å². The van der Waals surface area contributed by atoms with Crippen LogP contribution in [0.4, 0.5) is 5.69 Å². The fraction of sp³-hybridized carbons (Fsp3) is 0.556. The van der Waals surface area contributed by atoms with Crippen LogP contribution in [0.2, 0.25) is 0 Å². The van der Waals surface area contributed by atoms with Crippen LogP contribution in [-0.4, -0.2) is 55.5 Å². The Labute approximate surface area is 153 Å². The molecule has 1 atom stereocenters. The number of likely N-dealkylation sites (tertiary alicyclic amines) is 1. The third-order valence-electron chi connectivity index (χ3n) is 4.38. The van der Waals surface area contributed by atoms with Gasteiger partial charge >= 0.3 is 0 Å². The minimum Gasteiger partial charge on any atom is -0.493 e. The van der Waals surface area contributed by atoms with E-state index in [-0.39, 0.29) is 17.1 Å². The molecule has 7 heteroatoms. The van der Waals surface area contributed by atoms with Crippen molar-refractivity contribution in [3.05, 3.63) is 17.7 Å². The van der Waals surface area contributed by atoms with E-state index in [1.54, 1.807) is 12.1 Å². The number of carbonyl (C=O) groups excluding carboxylic acids is 2. The molecule has 2 rings (SSSR count). The molecule has 0 unspecified atom stereocenters. The number of carbonyl (C=O) groups is 2. The van der Waals surface area contributed by atoms with Crippen LogP contribution in [-0.2, 0) is 4.79 Å². The predicted octanol–water partition coefficient (Wildman–Crippen LogP) is 3.02. The summed E-state index contributed by atoms with van der Waals surface area (Å²) in [5, 5.41) is 2.65. The first-order valence-electron chi connectivity index (χ1n) is 8.40. The van der Waals surface area contributed by atoms with Crippen molar-refractivity contribution in [3.8, 4) is 11.5 Å². The number of amides is 2. The van der Waals surface area contributed by atoms with Crippen molar-refractivity contribution in [1.82, 2.24) is 4.90 Å². The molecule has 1 saturated heterocycles. The zero-order valence-electron chi connectivity index (χ0n) is 15.3. The monoisotopic (exact) mass is 366 g/mol. The fourth-order valence-corrected chi connectivity index (χ4v) is 3.04. The quantitative estimate of drug-likeness (QED) is 0.838. The molecule has 2 amide bonds. The number of hydrogen-bond acceptors (Lipinski definition) is 5. The first-order valence-corrected chi connectivity index (χ1v) is 9.69. The van der Waals surface area contributed by atoms with Crippen LogP contribution < -0.4 is 14.8 Å². The summed E-state index contributed by atoms with van der Waals surface area (Å²) in [6.07, 6.45) is 5.03. The van der Waals surface area contributed by atoms with Crippen LogP contribution >= 0.6 is 11.8 Å². The van der Waals surface area contributed by atoms with Gasteiger partial charge in [0.2, 0.25) is 5.91 Å². The molecule has 1 aromatic rings. The lowest BCUT2D eigenvalue weighted by Gasteiger charge is -2.28. The Morgan fingerprint density at radius 3 is 2.28 bits per heavy atom. The van der Waals surface area contributed by atoms with E-state index in [9.17, 15) is 9.59 Å². The van der Waals surface area contributed by atoms with Crippen LogP contribution in [0.3, 0.4) is 0 Å². The van der Waals surface area contributed by atoms with Crippen molar-refractivity contribution in [2.75, 3.05) is 38.9 Å². The van der Waals surface area contributed by atoms with Gasteiger partial charge < -0.3 is 19.7 Å². The Morgan fingerprint density at radius 1 is 1.12 bits per heavy atom. The minimum atomic E-state index is -0.217. The Morgan fingerprint density at radius 2 is 1.72 bits per heavy atom. The van der Waals surface area contributed by atoms with Gasteiger partial charge in [-0.2, -0.15) is 11.8 Å². The minimum absolute atomic E-state index is 0.0900. The van der Waals surface area contributed by atoms with Gasteiger partial charge in [0.25, 0.3) is 5.91 Å². The van der Waals surface area contributed by atoms with Gasteiger partial charge in [0.05, 0.1) is 30.7 Å². The zero-order valence-corrected chi connectivity index (χ0v) is 16.1. The number of nitrogens with zero attached hydrogens (tertiary/aromatic N) is 1. The van der Waals surface area contributed by atoms with Gasteiger partial charge in [0.15, 0.2) is 11.5 Å². The molecular formula is C18H26N2O4S. The maximum absolute atomic E-state index is 13.0. The van der Waals surface area contributed by atoms with Crippen LogP contribution in [0.25, 0.3) is 0 Å². The molecule has 25 heavy (non-hydrogen) atoms. The summed E-state index contributed by atoms with van der Waals surface area (Å²) in [5.74, 6) is 0.712. The van der Waals surface area contributed by atoms with Gasteiger partial charge in [-0.25, -0.2) is 0 Å². The van der Waals surface area contributed by atoms with Crippen molar-refractivity contribution in [2.24, 2.45) is 0 Å². The molecule has 6 nitrogen and oxygen atoms in total. The molecule has 138 valence electrons. The smallest absolute Gasteiger partial charge is 0.256 e. The first kappa shape index (κ1) is 19.4. The molecule has 0 saturated carbocycles. The molecule has 0 aliphatic carbocycles. The summed E-state index contributed by atoms with van der Waals surface area (Å²) in [4.78, 5) is 27.1. The van der Waals surface area contributed by atoms with Gasteiger partial charge in [-0.1, -0.05) is 0 Å². The fourth-order valence-electron chi connectivity index (χ4n) is 2.77. The topological polar surface area (TPSA) is 67.9 Å². The van der Waals surface area contributed by atoms with Crippen molar-refractivity contribution >= 4 is 29.3 Å². The van der Waals surface area contributed by atoms with E-state index in [1.807, 2.05) is 18.1 Å². The third-order valence-corrected chi connectivity index (χ3v) is 5.30. The van der Waals surface area contributed by atoms with Crippen molar-refractivity contribution < 1.29 is 19.1 Å². The normalized spacial score (nSPS) is 15.4. The molecule has 1 aliphatic heterocycles. The van der Waals surface area contributed by atoms with Crippen molar-refractivity contribution in [1.29, 1.82) is 0 Å². The second-order valence-corrected chi connectivity index (χ2v) is 7.15. The SMILES string of the molecule is COc1cc(NC(=O)[C@@H](C)SC)c(C(=O)N2CCCCC2)cc1OC. The lowest BCUT2D eigenvalue weighted by Crippen LogP contribution is -2.36. The van der Waals surface area contributed by atoms with E-state index in [0.29, 0.717) is 22.7 Å². The number of thioether (sulfide) groups is 1. The zero-order chi connectivity index (χ0) is 18.4. The lowest BCUT2D eigenvalue weighted by atomic mass is 10.1. The maximum Gasteiger partial charge on any atom is 0.256 e. The molecule has 0 spiro atoms. The average Bonchev–Trinajstić information content (AvgIpc) is 2.66. The summed E-state index contributed by atoms with van der Waals surface area (Å²) in [5.41, 5.74) is 0.889. The van der Waals surface area contributed by atoms with E-state index >= 15 is 0 Å². The number of benzene rings is 1. The van der Waals surface area contributed by atoms with Gasteiger partial charge in [-0.3, -0.25) is 9.59 Å². The summed E-state index contributed by atoms with van der Waals surface area (Å²) >= 11 is 1.45. The Kier molecular flexibility index (Phi) is 6.99. The third kappa shape index (κ3) is 4.60. The molecular weight excluding hydrogens is 340 g/mol. The standard InChI is InChI=1S/C18H26N2O4S/c1-12(25-4)17(21)19-14-11-16(24-3)15(23-2)10-13(14)18(22)20-8-6-5-7-9-20/h10-12H,5-9H2,1-4H3,(H,19,21)/t12-/m1/s1. The molecule has 1 N–H and O–H groups in total. The lowest BCUT2D eigenvalue weighted by molar-refractivity contribution is -0.115. The molecule has 0 radical (unpaired) electrons. The number of methoxy groups -OCH3 is 2. The Balaban J connectivity index is 2.39. The van der Waals surface area contributed by atoms with Gasteiger partial charge in [0.1, 0.15) is 0 Å². The highest BCUT2D eigenvalue weighted by atomic mass is 32.2. The highest BCUT2D eigenvalue weighted by molar-refractivity contribution is 7.99. The largest absolute Gasteiger partial charge is 0.493 e. The molecule has 0 aromatic heterocycles. The summed E-state index contributed by atoms with van der Waals surface area (Å²) in [6.45, 7) is 3.30. The second-order valence-electron chi connectivity index (χ2n) is 5.97. The molecule has 1 fully saturated rings. The number of hydrogen-bond donors (Lipinski definition) is 1. The number of nitrogens with one attached hydrogen (secondary N) is 1. The van der Waals surface area contributed by atoms with Gasteiger partial charge in [0, 0.05) is 19.2 Å². The predicted molar refractivity (Wildman–Crippen MR) is 101 cm³/mol. The van der Waals surface area contributed by atoms with Crippen molar-refractivity contribution in [2.45, 2.75) is 31.4 Å². The highest BCUT2D eigenvalue weighted by Crippen LogP contribution is 2.34. The summed E-state index contributed by atoms with van der Waals surface area (Å²) in [6, 6.07) is 3.30. The van der Waals surface area contributed by atoms with E-state index in [4.69, 9.17) is 9.47 Å². The van der Waals surface area contributed by atoms with E-state index in [1.165, 1.54) is 26.0 Å². The number of piperidine rings is 1. The van der Waals surface area contributed by atoms with Gasteiger partial charge in [-0.05, 0) is 38.5 Å². The molecule has 1 aliphatic rings. The molecule has 0 bridgehead atoms. The second kappa shape index (κ2) is 8.99. The van der Waals surface area contributed by atoms with Crippen LogP contribution in [0.5, 0.6) is 11.5 Å². The molecule has 1 aromatic carbocycles. The Hall–Kier alpha value is -1.89. The number of ether oxygens (including phenoxy) is 2. The summed E-state index contributed by atoms with van der Waals surface area (Å²) < 4.78 is 10.6. The first-order chi connectivity index (χ1) is 12.0. The highest BCUT2D eigenvalue weighted by Gasteiger charge is 2.25. The average molecular weight is 366 g/mol. The van der Waals surface area contributed by atoms with Crippen LogP contribution in [0.1, 0.15) is 36.5 Å². The Bertz CT molecular complexity index is 630. The van der Waals surface area contributed by atoms with E-state index < -0.39 is 0 Å². The van der Waals surface area contributed by atoms with E-state index in [0.717, 1.165) is 32.4 Å². The molecule has 1 heterocycles. The van der Waals surface area contributed by atoms with E-state index in [2.05, 4.69) is 5.32 Å².